The summed E-state index contributed by atoms with van der Waals surface area (Å²) in [6.45, 7) is 1.60. The van der Waals surface area contributed by atoms with Crippen LogP contribution in [0.15, 0.2) is 60.8 Å². The molecule has 0 aliphatic carbocycles. The highest BCUT2D eigenvalue weighted by molar-refractivity contribution is 5.85. The number of hydrogen-bond acceptors (Lipinski definition) is 1. The monoisotopic (exact) mass is 307 g/mol. The van der Waals surface area contributed by atoms with E-state index in [9.17, 15) is 9.18 Å². The molecule has 1 aromatic heterocycles. The number of rotatable bonds is 5. The van der Waals surface area contributed by atoms with Gasteiger partial charge in [0.25, 0.3) is 0 Å². The smallest absolute Gasteiger partial charge is 0.130 e. The van der Waals surface area contributed by atoms with Crippen LogP contribution in [0.4, 0.5) is 4.39 Å². The van der Waals surface area contributed by atoms with Crippen LogP contribution in [0.25, 0.3) is 17.0 Å². The second-order valence-corrected chi connectivity index (χ2v) is 5.71. The summed E-state index contributed by atoms with van der Waals surface area (Å²) >= 11 is 0. The number of carbonyl (C=O) groups excluding carboxylic acids is 1. The van der Waals surface area contributed by atoms with Crippen molar-refractivity contribution in [1.29, 1.82) is 0 Å². The molecule has 116 valence electrons. The van der Waals surface area contributed by atoms with Crippen molar-refractivity contribution in [2.45, 2.75) is 19.3 Å². The van der Waals surface area contributed by atoms with Crippen LogP contribution < -0.4 is 0 Å². The standard InChI is InChI=1S/C20H18FNO/c1-14(23)12-16(9-6-15-7-10-17(21)11-8-15)19-13-22-20-5-3-2-4-18(19)20/h2-11,13,16,22H,12H2,1H3/b9-6+/t16-/m1/s1. The Morgan fingerprint density at radius 3 is 2.65 bits per heavy atom. The van der Waals surface area contributed by atoms with Crippen molar-refractivity contribution in [2.75, 3.05) is 0 Å². The summed E-state index contributed by atoms with van der Waals surface area (Å²) < 4.78 is 13.0. The lowest BCUT2D eigenvalue weighted by molar-refractivity contribution is -0.117. The third-order valence-corrected chi connectivity index (χ3v) is 3.92. The molecule has 0 saturated heterocycles. The largest absolute Gasteiger partial charge is 0.361 e. The second kappa shape index (κ2) is 6.61. The van der Waals surface area contributed by atoms with Crippen LogP contribution in [0, 0.1) is 5.82 Å². The first-order valence-electron chi connectivity index (χ1n) is 7.62. The number of para-hydroxylation sites is 1. The highest BCUT2D eigenvalue weighted by Crippen LogP contribution is 2.29. The van der Waals surface area contributed by atoms with E-state index in [4.69, 9.17) is 0 Å². The Balaban J connectivity index is 1.94. The minimum Gasteiger partial charge on any atom is -0.361 e. The Labute approximate surface area is 134 Å². The zero-order valence-corrected chi connectivity index (χ0v) is 12.9. The SMILES string of the molecule is CC(=O)C[C@@H](/C=C/c1ccc(F)cc1)c1c[nH]c2ccccc12. The molecule has 2 aromatic carbocycles. The average Bonchev–Trinajstić information content (AvgIpc) is 2.96. The number of hydrogen-bond donors (Lipinski definition) is 1. The first-order chi connectivity index (χ1) is 11.1. The molecule has 0 bridgehead atoms. The summed E-state index contributed by atoms with van der Waals surface area (Å²) in [5, 5.41) is 1.13. The molecular weight excluding hydrogens is 289 g/mol. The van der Waals surface area contributed by atoms with Gasteiger partial charge in [-0.15, -0.1) is 0 Å². The highest BCUT2D eigenvalue weighted by Gasteiger charge is 2.15. The van der Waals surface area contributed by atoms with Crippen molar-refractivity contribution < 1.29 is 9.18 Å². The van der Waals surface area contributed by atoms with E-state index in [1.54, 1.807) is 19.1 Å². The molecule has 1 N–H and O–H groups in total. The molecule has 3 aromatic rings. The lowest BCUT2D eigenvalue weighted by Gasteiger charge is -2.10. The van der Waals surface area contributed by atoms with E-state index in [2.05, 4.69) is 11.1 Å². The quantitative estimate of drug-likeness (QED) is 0.700. The Hall–Kier alpha value is -2.68. The van der Waals surface area contributed by atoms with Crippen LogP contribution in [0.1, 0.15) is 30.4 Å². The molecule has 2 nitrogen and oxygen atoms in total. The molecule has 3 rings (SSSR count). The molecule has 0 spiro atoms. The van der Waals surface area contributed by atoms with Gasteiger partial charge in [0.15, 0.2) is 0 Å². The van der Waals surface area contributed by atoms with Crippen molar-refractivity contribution in [3.05, 3.63) is 77.7 Å². The summed E-state index contributed by atoms with van der Waals surface area (Å²) in [6.07, 6.45) is 6.37. The molecule has 0 aliphatic rings. The molecule has 23 heavy (non-hydrogen) atoms. The van der Waals surface area contributed by atoms with Gasteiger partial charge in [-0.2, -0.15) is 0 Å². The number of aromatic amines is 1. The van der Waals surface area contributed by atoms with Crippen LogP contribution >= 0.6 is 0 Å². The molecule has 0 aliphatic heterocycles. The topological polar surface area (TPSA) is 32.9 Å². The van der Waals surface area contributed by atoms with E-state index in [1.165, 1.54) is 12.1 Å². The third-order valence-electron chi connectivity index (χ3n) is 3.92. The molecule has 1 heterocycles. The Morgan fingerprint density at radius 1 is 1.17 bits per heavy atom. The van der Waals surface area contributed by atoms with Crippen molar-refractivity contribution in [1.82, 2.24) is 4.98 Å². The number of H-pyrrole nitrogens is 1. The number of halogens is 1. The number of carbonyl (C=O) groups is 1. The fraction of sp³-hybridized carbons (Fsp3) is 0.150. The lowest BCUT2D eigenvalue weighted by Crippen LogP contribution is -2.01. The van der Waals surface area contributed by atoms with Crippen molar-refractivity contribution >= 4 is 22.8 Å². The number of nitrogens with one attached hydrogen (secondary N) is 1. The van der Waals surface area contributed by atoms with E-state index in [0.717, 1.165) is 22.0 Å². The van der Waals surface area contributed by atoms with Crippen molar-refractivity contribution in [2.24, 2.45) is 0 Å². The van der Waals surface area contributed by atoms with Gasteiger partial charge >= 0.3 is 0 Å². The molecular formula is C20H18FNO. The molecule has 0 amide bonds. The normalized spacial score (nSPS) is 12.8. The van der Waals surface area contributed by atoms with Crippen LogP contribution in [-0.4, -0.2) is 10.8 Å². The first-order valence-corrected chi connectivity index (χ1v) is 7.62. The zero-order chi connectivity index (χ0) is 16.2. The molecule has 1 atom stereocenters. The van der Waals surface area contributed by atoms with E-state index in [-0.39, 0.29) is 17.5 Å². The zero-order valence-electron chi connectivity index (χ0n) is 12.9. The van der Waals surface area contributed by atoms with Crippen molar-refractivity contribution in [3.8, 4) is 0 Å². The lowest BCUT2D eigenvalue weighted by atomic mass is 9.92. The predicted octanol–water partition coefficient (Wildman–Crippen LogP) is 5.08. The van der Waals surface area contributed by atoms with Crippen LogP contribution in [0.3, 0.4) is 0 Å². The fourth-order valence-electron chi connectivity index (χ4n) is 2.79. The maximum Gasteiger partial charge on any atom is 0.130 e. The fourth-order valence-corrected chi connectivity index (χ4v) is 2.79. The molecule has 0 radical (unpaired) electrons. The number of allylic oxidation sites excluding steroid dienone is 1. The maximum absolute atomic E-state index is 13.0. The van der Waals surface area contributed by atoms with E-state index < -0.39 is 0 Å². The van der Waals surface area contributed by atoms with Gasteiger partial charge in [-0.05, 0) is 36.2 Å². The first kappa shape index (κ1) is 15.2. The minimum atomic E-state index is -0.251. The number of ketones is 1. The highest BCUT2D eigenvalue weighted by atomic mass is 19.1. The Kier molecular flexibility index (Phi) is 4.38. The van der Waals surface area contributed by atoms with Gasteiger partial charge in [0.05, 0.1) is 0 Å². The van der Waals surface area contributed by atoms with Gasteiger partial charge in [0.2, 0.25) is 0 Å². The van der Waals surface area contributed by atoms with Gasteiger partial charge in [-0.3, -0.25) is 4.79 Å². The summed E-state index contributed by atoms with van der Waals surface area (Å²) in [5.74, 6) is -0.114. The van der Waals surface area contributed by atoms with Crippen LogP contribution in [0.5, 0.6) is 0 Å². The number of aromatic nitrogens is 1. The maximum atomic E-state index is 13.0. The van der Waals surface area contributed by atoms with Gasteiger partial charge in [-0.25, -0.2) is 4.39 Å². The molecule has 0 fully saturated rings. The van der Waals surface area contributed by atoms with Crippen LogP contribution in [0.2, 0.25) is 0 Å². The molecule has 3 heteroatoms. The number of fused-ring (bicyclic) bond motifs is 1. The summed E-state index contributed by atoms with van der Waals surface area (Å²) in [4.78, 5) is 14.9. The Bertz CT molecular complexity index is 845. The van der Waals surface area contributed by atoms with Gasteiger partial charge in [-0.1, -0.05) is 42.5 Å². The second-order valence-electron chi connectivity index (χ2n) is 5.71. The van der Waals surface area contributed by atoms with Gasteiger partial charge in [0, 0.05) is 29.4 Å². The Morgan fingerprint density at radius 2 is 1.91 bits per heavy atom. The van der Waals surface area contributed by atoms with Crippen molar-refractivity contribution in [3.63, 3.8) is 0 Å². The van der Waals surface area contributed by atoms with Gasteiger partial charge < -0.3 is 4.98 Å². The number of benzene rings is 2. The summed E-state index contributed by atoms with van der Waals surface area (Å²) in [5.41, 5.74) is 3.08. The minimum absolute atomic E-state index is 0.00583. The average molecular weight is 307 g/mol. The summed E-state index contributed by atoms with van der Waals surface area (Å²) in [6, 6.07) is 14.4. The van der Waals surface area contributed by atoms with E-state index in [1.807, 2.05) is 36.5 Å². The predicted molar refractivity (Wildman–Crippen MR) is 91.8 cm³/mol. The van der Waals surface area contributed by atoms with Gasteiger partial charge in [0.1, 0.15) is 11.6 Å². The number of Topliss-reactive ketones (excluding diaryl/α,β-unsaturated/α-hetero) is 1. The van der Waals surface area contributed by atoms with E-state index >= 15 is 0 Å². The molecule has 0 unspecified atom stereocenters. The van der Waals surface area contributed by atoms with E-state index in [0.29, 0.717) is 6.42 Å². The summed E-state index contributed by atoms with van der Waals surface area (Å²) in [7, 11) is 0. The van der Waals surface area contributed by atoms with Crippen LogP contribution in [-0.2, 0) is 4.79 Å². The third kappa shape index (κ3) is 3.57. The molecule has 0 saturated carbocycles.